The Morgan fingerprint density at radius 2 is 1.73 bits per heavy atom. The van der Waals surface area contributed by atoms with E-state index in [0.717, 1.165) is 0 Å². The van der Waals surface area contributed by atoms with Crippen LogP contribution in [-0.4, -0.2) is 52.9 Å². The van der Waals surface area contributed by atoms with Gasteiger partial charge in [0.15, 0.2) is 17.3 Å². The second-order valence-corrected chi connectivity index (χ2v) is 10.8. The number of Topliss-reactive ketones (excluding diaryl/α,β-unsaturated/α-hetero) is 2. The molecule has 0 spiro atoms. The van der Waals surface area contributed by atoms with Crippen molar-refractivity contribution in [3.8, 4) is 5.75 Å². The number of ketones is 2. The summed E-state index contributed by atoms with van der Waals surface area (Å²) < 4.78 is 0. The van der Waals surface area contributed by atoms with E-state index < -0.39 is 63.6 Å². The molecule has 3 amide bonds. The third kappa shape index (κ3) is 3.96. The van der Waals surface area contributed by atoms with Crippen LogP contribution in [0.15, 0.2) is 59.1 Å². The molecule has 0 bridgehead atoms. The number of anilines is 3. The molecule has 0 saturated carbocycles. The van der Waals surface area contributed by atoms with Gasteiger partial charge in [0.2, 0.25) is 0 Å². The molecule has 40 heavy (non-hydrogen) atoms. The molecule has 2 aromatic carbocycles. The number of nitrogens with two attached hydrogens (primary N) is 1. The molecule has 208 valence electrons. The number of phenolic OH excluding ortho intramolecular Hbond substituents is 1. The molecule has 3 aliphatic carbocycles. The summed E-state index contributed by atoms with van der Waals surface area (Å²) in [6, 6.07) is 9.62. The van der Waals surface area contributed by atoms with Crippen LogP contribution in [0.4, 0.5) is 21.9 Å². The fourth-order valence-corrected chi connectivity index (χ4v) is 6.23. The Hall–Kier alpha value is -4.80. The molecule has 7 N–H and O–H groups in total. The van der Waals surface area contributed by atoms with Gasteiger partial charge in [-0.15, -0.1) is 0 Å². The summed E-state index contributed by atoms with van der Waals surface area (Å²) in [7, 11) is 3.53. The van der Waals surface area contributed by atoms with E-state index in [1.165, 1.54) is 6.92 Å². The molecule has 0 heterocycles. The molecular weight excluding hydrogens is 516 g/mol. The highest BCUT2D eigenvalue weighted by Crippen LogP contribution is 2.56. The van der Waals surface area contributed by atoms with Crippen LogP contribution >= 0.6 is 0 Å². The maximum absolute atomic E-state index is 14.0. The summed E-state index contributed by atoms with van der Waals surface area (Å²) in [4.78, 5) is 53.8. The second-order valence-electron chi connectivity index (χ2n) is 10.8. The zero-order valence-electron chi connectivity index (χ0n) is 22.2. The molecule has 2 unspecified atom stereocenters. The van der Waals surface area contributed by atoms with Crippen LogP contribution < -0.4 is 21.3 Å². The SMILES string of the molecule is CN(C)c1cc(NC(=O)Nc2ccccc2)c(O)c2c1CC1CC3CC(O)=C(C(N)=O)C(=O)[C@@]3(C)C(O)=C1C2=O. The number of carbonyl (C=O) groups excluding carboxylic acids is 4. The predicted molar refractivity (Wildman–Crippen MR) is 147 cm³/mol. The first kappa shape index (κ1) is 26.8. The van der Waals surface area contributed by atoms with Crippen molar-refractivity contribution in [1.29, 1.82) is 0 Å². The maximum atomic E-state index is 14.0. The average Bonchev–Trinajstić information content (AvgIpc) is 2.88. The van der Waals surface area contributed by atoms with Crippen molar-refractivity contribution in [2.24, 2.45) is 23.0 Å². The average molecular weight is 547 g/mol. The zero-order chi connectivity index (χ0) is 29.1. The van der Waals surface area contributed by atoms with E-state index in [1.807, 2.05) is 0 Å². The Bertz CT molecular complexity index is 1540. The number of urea groups is 1. The Kier molecular flexibility index (Phi) is 6.32. The van der Waals surface area contributed by atoms with Gasteiger partial charge in [-0.2, -0.15) is 0 Å². The number of fused-ring (bicyclic) bond motifs is 3. The number of benzene rings is 2. The quantitative estimate of drug-likeness (QED) is 0.248. The number of para-hydroxylation sites is 1. The summed E-state index contributed by atoms with van der Waals surface area (Å²) in [6.07, 6.45) is 0.475. The van der Waals surface area contributed by atoms with Crippen LogP contribution in [-0.2, 0) is 16.0 Å². The third-order valence-electron chi connectivity index (χ3n) is 8.28. The number of aliphatic hydroxyl groups excluding tert-OH is 2. The van der Waals surface area contributed by atoms with Gasteiger partial charge in [-0.25, -0.2) is 4.79 Å². The number of hydrogen-bond acceptors (Lipinski definition) is 8. The Labute approximate surface area is 230 Å². The number of phenols is 1. The van der Waals surface area contributed by atoms with Gasteiger partial charge >= 0.3 is 6.03 Å². The summed E-state index contributed by atoms with van der Waals surface area (Å²) in [6.45, 7) is 1.44. The largest absolute Gasteiger partial charge is 0.511 e. The van der Waals surface area contributed by atoms with Crippen LogP contribution in [0.2, 0.25) is 0 Å². The lowest BCUT2D eigenvalue weighted by molar-refractivity contribution is -0.131. The van der Waals surface area contributed by atoms with Crippen LogP contribution in [0.5, 0.6) is 5.75 Å². The lowest BCUT2D eigenvalue weighted by atomic mass is 9.55. The molecule has 0 radical (unpaired) electrons. The van der Waals surface area contributed by atoms with Crippen molar-refractivity contribution < 1.29 is 34.5 Å². The Balaban J connectivity index is 1.59. The second kappa shape index (κ2) is 9.44. The lowest BCUT2D eigenvalue weighted by Crippen LogP contribution is -2.50. The number of aliphatic hydroxyl groups is 2. The van der Waals surface area contributed by atoms with Gasteiger partial charge < -0.3 is 36.6 Å². The molecule has 3 aliphatic rings. The van der Waals surface area contributed by atoms with Gasteiger partial charge in [0.05, 0.1) is 16.7 Å². The highest BCUT2D eigenvalue weighted by molar-refractivity contribution is 6.23. The fourth-order valence-electron chi connectivity index (χ4n) is 6.23. The van der Waals surface area contributed by atoms with Gasteiger partial charge in [0, 0.05) is 37.5 Å². The number of hydrogen-bond donors (Lipinski definition) is 6. The minimum atomic E-state index is -1.65. The van der Waals surface area contributed by atoms with Crippen LogP contribution in [0.1, 0.15) is 35.7 Å². The summed E-state index contributed by atoms with van der Waals surface area (Å²) in [5.41, 5.74) is 4.63. The molecule has 0 aliphatic heterocycles. The van der Waals surface area contributed by atoms with Crippen LogP contribution in [0.3, 0.4) is 0 Å². The first-order valence-electron chi connectivity index (χ1n) is 12.8. The van der Waals surface area contributed by atoms with E-state index in [4.69, 9.17) is 5.73 Å². The molecule has 11 nitrogen and oxygen atoms in total. The minimum absolute atomic E-state index is 0.0136. The number of amides is 3. The van der Waals surface area contributed by atoms with Gasteiger partial charge in [-0.3, -0.25) is 14.4 Å². The van der Waals surface area contributed by atoms with Crippen molar-refractivity contribution in [2.75, 3.05) is 29.6 Å². The number of nitrogens with zero attached hydrogens (tertiary/aromatic N) is 1. The van der Waals surface area contributed by atoms with Crippen molar-refractivity contribution in [3.63, 3.8) is 0 Å². The number of rotatable bonds is 4. The highest BCUT2D eigenvalue weighted by Gasteiger charge is 2.57. The van der Waals surface area contributed by atoms with Crippen molar-refractivity contribution in [1.82, 2.24) is 0 Å². The van der Waals surface area contributed by atoms with Gasteiger partial charge in [0.1, 0.15) is 17.1 Å². The fraction of sp³-hybridized carbons (Fsp3) is 0.310. The summed E-state index contributed by atoms with van der Waals surface area (Å²) in [5.74, 6) is -5.10. The molecule has 0 aromatic heterocycles. The smallest absolute Gasteiger partial charge is 0.323 e. The third-order valence-corrected chi connectivity index (χ3v) is 8.28. The van der Waals surface area contributed by atoms with Crippen molar-refractivity contribution in [2.45, 2.75) is 26.2 Å². The number of carbonyl (C=O) groups is 4. The predicted octanol–water partition coefficient (Wildman–Crippen LogP) is 3.57. The molecule has 0 fully saturated rings. The van der Waals surface area contributed by atoms with E-state index in [0.29, 0.717) is 16.9 Å². The molecule has 3 atom stereocenters. The number of nitrogens with one attached hydrogen (secondary N) is 2. The Morgan fingerprint density at radius 1 is 1.05 bits per heavy atom. The van der Waals surface area contributed by atoms with E-state index >= 15 is 0 Å². The number of allylic oxidation sites excluding steroid dienone is 3. The first-order chi connectivity index (χ1) is 18.9. The molecule has 2 aromatic rings. The van der Waals surface area contributed by atoms with E-state index in [-0.39, 0.29) is 36.1 Å². The lowest BCUT2D eigenvalue weighted by Gasteiger charge is -2.47. The van der Waals surface area contributed by atoms with E-state index in [9.17, 15) is 34.5 Å². The van der Waals surface area contributed by atoms with E-state index in [1.54, 1.807) is 55.4 Å². The van der Waals surface area contributed by atoms with Gasteiger partial charge in [-0.05, 0) is 55.4 Å². The summed E-state index contributed by atoms with van der Waals surface area (Å²) in [5, 5.41) is 38.4. The first-order valence-corrected chi connectivity index (χ1v) is 12.8. The van der Waals surface area contributed by atoms with Gasteiger partial charge in [0.25, 0.3) is 5.91 Å². The minimum Gasteiger partial charge on any atom is -0.511 e. The number of aromatic hydroxyl groups is 1. The molecule has 5 rings (SSSR count). The van der Waals surface area contributed by atoms with E-state index in [2.05, 4.69) is 10.6 Å². The molecule has 11 heteroatoms. The van der Waals surface area contributed by atoms with Gasteiger partial charge in [-0.1, -0.05) is 18.2 Å². The number of primary amides is 1. The van der Waals surface area contributed by atoms with Crippen molar-refractivity contribution in [3.05, 3.63) is 70.2 Å². The van der Waals surface area contributed by atoms with Crippen molar-refractivity contribution >= 4 is 40.6 Å². The standard InChI is InChI=1S/C29H30N4O7/c1-29-14(11-19(34)22(26(29)38)27(30)39)9-13-10-16-18(33(2)3)12-17(23(35)21(16)24(36)20(13)25(29)37)32-28(40)31-15-7-5-4-6-8-15/h4-8,12-14,34-35,37H,9-11H2,1-3H3,(H2,30,39)(H2,31,32,40)/t13?,14?,29-/m1/s1. The topological polar surface area (TPSA) is 182 Å². The van der Waals surface area contributed by atoms with Crippen LogP contribution in [0, 0.1) is 17.3 Å². The summed E-state index contributed by atoms with van der Waals surface area (Å²) >= 11 is 0. The monoisotopic (exact) mass is 546 g/mol. The highest BCUT2D eigenvalue weighted by atomic mass is 16.3. The Morgan fingerprint density at radius 3 is 2.35 bits per heavy atom. The normalized spacial score (nSPS) is 23.7. The molecular formula is C29H30N4O7. The molecule has 0 saturated heterocycles. The van der Waals surface area contributed by atoms with Crippen LogP contribution in [0.25, 0.3) is 0 Å². The zero-order valence-corrected chi connectivity index (χ0v) is 22.2. The maximum Gasteiger partial charge on any atom is 0.323 e.